The van der Waals surface area contributed by atoms with Gasteiger partial charge in [-0.25, -0.2) is 0 Å². The van der Waals surface area contributed by atoms with Gasteiger partial charge in [-0.1, -0.05) is 32.0 Å². The molecule has 0 radical (unpaired) electrons. The van der Waals surface area contributed by atoms with E-state index in [1.165, 1.54) is 0 Å². The van der Waals surface area contributed by atoms with E-state index in [-0.39, 0.29) is 5.41 Å². The van der Waals surface area contributed by atoms with Crippen molar-refractivity contribution in [3.8, 4) is 5.75 Å². The van der Waals surface area contributed by atoms with Gasteiger partial charge in [-0.3, -0.25) is 0 Å². The maximum Gasteiger partial charge on any atom is 0.176 e. The number of thiocarbonyl (C=S) groups is 1. The molecule has 2 rings (SSSR count). The Balaban J connectivity index is 2.00. The Labute approximate surface area is 129 Å². The highest BCUT2D eigenvalue weighted by molar-refractivity contribution is 7.80. The largest absolute Gasteiger partial charge is 0.497 e. The van der Waals surface area contributed by atoms with Crippen molar-refractivity contribution in [1.29, 1.82) is 0 Å². The van der Waals surface area contributed by atoms with Gasteiger partial charge >= 0.3 is 0 Å². The van der Waals surface area contributed by atoms with Crippen LogP contribution in [0.4, 0.5) is 11.5 Å². The van der Waals surface area contributed by atoms with Gasteiger partial charge in [0.1, 0.15) is 11.5 Å². The third-order valence-electron chi connectivity index (χ3n) is 2.82. The highest BCUT2D eigenvalue weighted by atomic mass is 32.1. The topological polar surface area (TPSA) is 59.3 Å². The molecular formula is C15H19N3O2S. The van der Waals surface area contributed by atoms with E-state index in [2.05, 4.69) is 36.6 Å². The monoisotopic (exact) mass is 305 g/mol. The fraction of sp³-hybridized carbons (Fsp3) is 0.333. The Bertz CT molecular complexity index is 632. The van der Waals surface area contributed by atoms with Crippen LogP contribution in [0.3, 0.4) is 0 Å². The first-order chi connectivity index (χ1) is 9.88. The van der Waals surface area contributed by atoms with E-state index in [1.807, 2.05) is 30.3 Å². The molecule has 6 heteroatoms. The van der Waals surface area contributed by atoms with Crippen LogP contribution in [-0.2, 0) is 5.41 Å². The van der Waals surface area contributed by atoms with E-state index in [0.717, 1.165) is 17.2 Å². The Morgan fingerprint density at radius 1 is 1.24 bits per heavy atom. The first-order valence-electron chi connectivity index (χ1n) is 6.58. The highest BCUT2D eigenvalue weighted by Crippen LogP contribution is 2.24. The summed E-state index contributed by atoms with van der Waals surface area (Å²) >= 11 is 5.26. The number of benzene rings is 1. The molecule has 0 aliphatic rings. The summed E-state index contributed by atoms with van der Waals surface area (Å²) in [5, 5.41) is 10.5. The van der Waals surface area contributed by atoms with E-state index >= 15 is 0 Å². The van der Waals surface area contributed by atoms with Crippen LogP contribution in [0, 0.1) is 0 Å². The summed E-state index contributed by atoms with van der Waals surface area (Å²) < 4.78 is 10.5. The third kappa shape index (κ3) is 4.19. The van der Waals surface area contributed by atoms with Gasteiger partial charge in [0.15, 0.2) is 10.9 Å². The minimum atomic E-state index is -0.0885. The SMILES string of the molecule is COc1cccc(NC(=S)Nc2cc(C(C)(C)C)on2)c1. The summed E-state index contributed by atoms with van der Waals surface area (Å²) in [5.74, 6) is 2.15. The van der Waals surface area contributed by atoms with Crippen molar-refractivity contribution in [2.75, 3.05) is 17.7 Å². The van der Waals surface area contributed by atoms with Crippen LogP contribution in [0.2, 0.25) is 0 Å². The zero-order chi connectivity index (χ0) is 15.5. The smallest absolute Gasteiger partial charge is 0.176 e. The number of ether oxygens (including phenoxy) is 1. The molecule has 0 amide bonds. The van der Waals surface area contributed by atoms with Crippen molar-refractivity contribution in [3.05, 3.63) is 36.1 Å². The zero-order valence-corrected chi connectivity index (χ0v) is 13.4. The maximum absolute atomic E-state index is 5.30. The first kappa shape index (κ1) is 15.3. The molecule has 0 fully saturated rings. The summed E-state index contributed by atoms with van der Waals surface area (Å²) in [6, 6.07) is 9.36. The van der Waals surface area contributed by atoms with Crippen molar-refractivity contribution in [2.45, 2.75) is 26.2 Å². The van der Waals surface area contributed by atoms with E-state index < -0.39 is 0 Å². The molecule has 0 saturated heterocycles. The fourth-order valence-corrected chi connectivity index (χ4v) is 1.89. The lowest BCUT2D eigenvalue weighted by Gasteiger charge is -2.12. The summed E-state index contributed by atoms with van der Waals surface area (Å²) in [4.78, 5) is 0. The molecule has 0 spiro atoms. The Morgan fingerprint density at radius 2 is 2.00 bits per heavy atom. The molecule has 0 atom stereocenters. The molecule has 1 heterocycles. The summed E-state index contributed by atoms with van der Waals surface area (Å²) in [7, 11) is 1.62. The summed E-state index contributed by atoms with van der Waals surface area (Å²) in [6.07, 6.45) is 0. The minimum Gasteiger partial charge on any atom is -0.497 e. The molecule has 5 nitrogen and oxygen atoms in total. The van der Waals surface area contributed by atoms with Gasteiger partial charge < -0.3 is 19.9 Å². The fourth-order valence-electron chi connectivity index (χ4n) is 1.67. The first-order valence-corrected chi connectivity index (χ1v) is 6.98. The van der Waals surface area contributed by atoms with Crippen molar-refractivity contribution < 1.29 is 9.26 Å². The van der Waals surface area contributed by atoms with Gasteiger partial charge in [-0.05, 0) is 24.4 Å². The van der Waals surface area contributed by atoms with E-state index in [0.29, 0.717) is 10.9 Å². The van der Waals surface area contributed by atoms with Gasteiger partial charge in [-0.15, -0.1) is 0 Å². The van der Waals surface area contributed by atoms with Crippen molar-refractivity contribution >= 4 is 28.8 Å². The lowest BCUT2D eigenvalue weighted by molar-refractivity contribution is 0.331. The van der Waals surface area contributed by atoms with E-state index in [4.69, 9.17) is 21.5 Å². The average Bonchev–Trinajstić information content (AvgIpc) is 2.87. The molecule has 1 aromatic carbocycles. The molecular weight excluding hydrogens is 286 g/mol. The van der Waals surface area contributed by atoms with Crippen LogP contribution >= 0.6 is 12.2 Å². The molecule has 21 heavy (non-hydrogen) atoms. The van der Waals surface area contributed by atoms with Crippen LogP contribution in [-0.4, -0.2) is 17.4 Å². The molecule has 2 N–H and O–H groups in total. The maximum atomic E-state index is 5.30. The number of methoxy groups -OCH3 is 1. The van der Waals surface area contributed by atoms with Crippen LogP contribution in [0.25, 0.3) is 0 Å². The Kier molecular flexibility index (Phi) is 4.47. The molecule has 0 bridgehead atoms. The number of anilines is 2. The van der Waals surface area contributed by atoms with Crippen LogP contribution in [0.5, 0.6) is 5.75 Å². The quantitative estimate of drug-likeness (QED) is 0.841. The Morgan fingerprint density at radius 3 is 2.62 bits per heavy atom. The lowest BCUT2D eigenvalue weighted by Crippen LogP contribution is -2.19. The highest BCUT2D eigenvalue weighted by Gasteiger charge is 2.19. The standard InChI is InChI=1S/C15H19N3O2S/c1-15(2,3)12-9-13(18-20-12)17-14(21)16-10-6-5-7-11(8-10)19-4/h5-9H,1-4H3,(H2,16,17,18,21). The van der Waals surface area contributed by atoms with E-state index in [1.54, 1.807) is 7.11 Å². The predicted octanol–water partition coefficient (Wildman–Crippen LogP) is 3.79. The van der Waals surface area contributed by atoms with Gasteiger partial charge in [0.05, 0.1) is 7.11 Å². The summed E-state index contributed by atoms with van der Waals surface area (Å²) in [6.45, 7) is 6.18. The van der Waals surface area contributed by atoms with Crippen molar-refractivity contribution in [2.24, 2.45) is 0 Å². The normalized spacial score (nSPS) is 11.0. The van der Waals surface area contributed by atoms with Crippen LogP contribution in [0.15, 0.2) is 34.9 Å². The summed E-state index contributed by atoms with van der Waals surface area (Å²) in [5.41, 5.74) is 0.751. The Hall–Kier alpha value is -2.08. The number of rotatable bonds is 3. The van der Waals surface area contributed by atoms with Gasteiger partial charge in [-0.2, -0.15) is 0 Å². The molecule has 0 unspecified atom stereocenters. The van der Waals surface area contributed by atoms with Gasteiger partial charge in [0, 0.05) is 23.2 Å². The molecule has 2 aromatic rings. The lowest BCUT2D eigenvalue weighted by atomic mass is 9.93. The second-order valence-corrected chi connectivity index (χ2v) is 6.05. The number of nitrogens with one attached hydrogen (secondary N) is 2. The van der Waals surface area contributed by atoms with Crippen molar-refractivity contribution in [1.82, 2.24) is 5.16 Å². The van der Waals surface area contributed by atoms with Crippen LogP contribution in [0.1, 0.15) is 26.5 Å². The molecule has 0 saturated carbocycles. The average molecular weight is 305 g/mol. The minimum absolute atomic E-state index is 0.0885. The van der Waals surface area contributed by atoms with Crippen molar-refractivity contribution in [3.63, 3.8) is 0 Å². The molecule has 112 valence electrons. The molecule has 1 aromatic heterocycles. The van der Waals surface area contributed by atoms with E-state index in [9.17, 15) is 0 Å². The second-order valence-electron chi connectivity index (χ2n) is 5.64. The molecule has 0 aliphatic carbocycles. The number of hydrogen-bond acceptors (Lipinski definition) is 4. The van der Waals surface area contributed by atoms with Gasteiger partial charge in [0.2, 0.25) is 0 Å². The number of nitrogens with zero attached hydrogens (tertiary/aromatic N) is 1. The second kappa shape index (κ2) is 6.13. The number of hydrogen-bond donors (Lipinski definition) is 2. The zero-order valence-electron chi connectivity index (χ0n) is 12.6. The number of aromatic nitrogens is 1. The van der Waals surface area contributed by atoms with Gasteiger partial charge in [0.25, 0.3) is 0 Å². The third-order valence-corrected chi connectivity index (χ3v) is 3.02. The predicted molar refractivity (Wildman–Crippen MR) is 88.0 cm³/mol. The van der Waals surface area contributed by atoms with Crippen LogP contribution < -0.4 is 15.4 Å². The molecule has 0 aliphatic heterocycles.